The number of benzene rings is 2. The molecule has 2 N–H and O–H groups in total. The number of aliphatic hydroxyl groups is 2. The smallest absolute Gasteiger partial charge is 0.0916 e. The largest absolute Gasteiger partial charge is 0.390 e. The lowest BCUT2D eigenvalue weighted by Crippen LogP contribution is -2.50. The first kappa shape index (κ1) is 21.0. The predicted molar refractivity (Wildman–Crippen MR) is 113 cm³/mol. The molecule has 1 saturated heterocycles. The zero-order valence-electron chi connectivity index (χ0n) is 16.8. The Bertz CT molecular complexity index is 675. The van der Waals surface area contributed by atoms with Gasteiger partial charge in [-0.15, -0.1) is 0 Å². The molecule has 0 bridgehead atoms. The summed E-state index contributed by atoms with van der Waals surface area (Å²) in [5.41, 5.74) is 2.24. The maximum absolute atomic E-state index is 10.5. The van der Waals surface area contributed by atoms with Gasteiger partial charge in [-0.3, -0.25) is 14.7 Å². The molecule has 1 aliphatic rings. The van der Waals surface area contributed by atoms with Crippen molar-refractivity contribution in [3.8, 4) is 0 Å². The summed E-state index contributed by atoms with van der Waals surface area (Å²) in [6.07, 6.45) is -0.792. The second-order valence-electron chi connectivity index (χ2n) is 7.86. The number of nitrogens with zero attached hydrogens (tertiary/aromatic N) is 3. The Morgan fingerprint density at radius 1 is 0.821 bits per heavy atom. The first-order valence-corrected chi connectivity index (χ1v) is 10.2. The van der Waals surface area contributed by atoms with E-state index in [1.54, 1.807) is 0 Å². The molecule has 0 spiro atoms. The van der Waals surface area contributed by atoms with Crippen molar-refractivity contribution in [2.45, 2.75) is 18.8 Å². The number of β-amino-alcohol motifs (C(OH)–C–C–N with tert-alkyl or cyclic N) is 2. The fraction of sp³-hybridized carbons (Fsp3) is 0.478. The van der Waals surface area contributed by atoms with Gasteiger partial charge in [0.1, 0.15) is 0 Å². The van der Waals surface area contributed by atoms with Crippen LogP contribution in [0.25, 0.3) is 0 Å². The molecule has 0 aromatic heterocycles. The summed E-state index contributed by atoms with van der Waals surface area (Å²) in [6, 6.07) is 20.2. The van der Waals surface area contributed by atoms with Gasteiger partial charge in [-0.05, 0) is 18.2 Å². The van der Waals surface area contributed by atoms with Gasteiger partial charge >= 0.3 is 0 Å². The molecule has 28 heavy (non-hydrogen) atoms. The lowest BCUT2D eigenvalue weighted by atomic mass is 10.1. The summed E-state index contributed by atoms with van der Waals surface area (Å²) < 4.78 is 0. The number of rotatable bonds is 9. The van der Waals surface area contributed by atoms with E-state index < -0.39 is 6.10 Å². The lowest BCUT2D eigenvalue weighted by Gasteiger charge is -2.36. The molecule has 1 heterocycles. The Hall–Kier alpha value is -1.76. The molecule has 0 aliphatic carbocycles. The van der Waals surface area contributed by atoms with E-state index in [1.165, 1.54) is 5.56 Å². The standard InChI is InChI=1S/C23H33N3O2/c1-24(16-20-8-4-2-5-9-20)17-22(27)18-25-12-14-26(15-13-25)19-23(28)21-10-6-3-7-11-21/h2-11,22-23,27-28H,12-19H2,1H3. The SMILES string of the molecule is CN(Cc1ccccc1)CC(O)CN1CCN(CC(O)c2ccccc2)CC1. The van der Waals surface area contributed by atoms with Gasteiger partial charge in [-0.25, -0.2) is 0 Å². The number of hydrogen-bond donors (Lipinski definition) is 2. The van der Waals surface area contributed by atoms with Crippen LogP contribution < -0.4 is 0 Å². The molecule has 2 aromatic carbocycles. The van der Waals surface area contributed by atoms with Crippen molar-refractivity contribution in [1.29, 1.82) is 0 Å². The molecule has 1 aliphatic heterocycles. The zero-order valence-corrected chi connectivity index (χ0v) is 16.8. The van der Waals surface area contributed by atoms with Gasteiger partial charge in [0.25, 0.3) is 0 Å². The first-order chi connectivity index (χ1) is 13.6. The van der Waals surface area contributed by atoms with E-state index in [0.717, 1.165) is 38.3 Å². The van der Waals surface area contributed by atoms with E-state index in [2.05, 4.69) is 33.9 Å². The molecule has 2 unspecified atom stereocenters. The summed E-state index contributed by atoms with van der Waals surface area (Å²) in [5, 5.41) is 20.9. The summed E-state index contributed by atoms with van der Waals surface area (Å²) >= 11 is 0. The average molecular weight is 384 g/mol. The van der Waals surface area contributed by atoms with Gasteiger partial charge in [-0.2, -0.15) is 0 Å². The van der Waals surface area contributed by atoms with Crippen LogP contribution in [-0.2, 0) is 6.54 Å². The van der Waals surface area contributed by atoms with Gasteiger partial charge in [0.15, 0.2) is 0 Å². The molecule has 1 fully saturated rings. The van der Waals surface area contributed by atoms with E-state index in [9.17, 15) is 10.2 Å². The van der Waals surface area contributed by atoms with E-state index in [0.29, 0.717) is 19.6 Å². The normalized spacial score (nSPS) is 18.3. The van der Waals surface area contributed by atoms with E-state index in [-0.39, 0.29) is 6.10 Å². The number of piperazine rings is 1. The van der Waals surface area contributed by atoms with Gasteiger partial charge < -0.3 is 10.2 Å². The Balaban J connectivity index is 1.35. The van der Waals surface area contributed by atoms with E-state index in [4.69, 9.17) is 0 Å². The van der Waals surface area contributed by atoms with Crippen molar-refractivity contribution >= 4 is 0 Å². The van der Waals surface area contributed by atoms with Gasteiger partial charge in [0.05, 0.1) is 12.2 Å². The quantitative estimate of drug-likeness (QED) is 0.692. The third-order valence-electron chi connectivity index (χ3n) is 5.37. The van der Waals surface area contributed by atoms with E-state index >= 15 is 0 Å². The van der Waals surface area contributed by atoms with Crippen LogP contribution in [0.5, 0.6) is 0 Å². The van der Waals surface area contributed by atoms with Crippen LogP contribution in [0, 0.1) is 0 Å². The van der Waals surface area contributed by atoms with Gasteiger partial charge in [-0.1, -0.05) is 60.7 Å². The number of aliphatic hydroxyl groups excluding tert-OH is 2. The third kappa shape index (κ3) is 6.69. The van der Waals surface area contributed by atoms with Crippen molar-refractivity contribution in [3.63, 3.8) is 0 Å². The molecular weight excluding hydrogens is 350 g/mol. The predicted octanol–water partition coefficient (Wildman–Crippen LogP) is 1.83. The lowest BCUT2D eigenvalue weighted by molar-refractivity contribution is 0.0384. The zero-order chi connectivity index (χ0) is 19.8. The highest BCUT2D eigenvalue weighted by Gasteiger charge is 2.22. The minimum Gasteiger partial charge on any atom is -0.390 e. The summed E-state index contributed by atoms with van der Waals surface area (Å²) in [6.45, 7) is 6.61. The van der Waals surface area contributed by atoms with Crippen molar-refractivity contribution in [3.05, 3.63) is 71.8 Å². The molecule has 3 rings (SSSR count). The molecule has 2 aromatic rings. The van der Waals surface area contributed by atoms with Gasteiger partial charge in [0.2, 0.25) is 0 Å². The Morgan fingerprint density at radius 3 is 1.96 bits per heavy atom. The molecule has 0 saturated carbocycles. The molecule has 2 atom stereocenters. The second-order valence-corrected chi connectivity index (χ2v) is 7.86. The van der Waals surface area contributed by atoms with Crippen molar-refractivity contribution < 1.29 is 10.2 Å². The van der Waals surface area contributed by atoms with Crippen LogP contribution in [0.2, 0.25) is 0 Å². The minimum atomic E-state index is -0.440. The topological polar surface area (TPSA) is 50.2 Å². The van der Waals surface area contributed by atoms with Crippen LogP contribution in [0.15, 0.2) is 60.7 Å². The van der Waals surface area contributed by atoms with Gasteiger partial charge in [0, 0.05) is 52.4 Å². The molecule has 0 radical (unpaired) electrons. The summed E-state index contributed by atoms with van der Waals surface area (Å²) in [5.74, 6) is 0. The summed E-state index contributed by atoms with van der Waals surface area (Å²) in [4.78, 5) is 6.81. The highest BCUT2D eigenvalue weighted by molar-refractivity contribution is 5.17. The van der Waals surface area contributed by atoms with Crippen molar-refractivity contribution in [1.82, 2.24) is 14.7 Å². The van der Waals surface area contributed by atoms with Crippen LogP contribution in [0.3, 0.4) is 0 Å². The molecule has 5 heteroatoms. The van der Waals surface area contributed by atoms with Crippen LogP contribution >= 0.6 is 0 Å². The van der Waals surface area contributed by atoms with Crippen molar-refractivity contribution in [2.24, 2.45) is 0 Å². The summed E-state index contributed by atoms with van der Waals surface area (Å²) in [7, 11) is 2.05. The highest BCUT2D eigenvalue weighted by Crippen LogP contribution is 2.15. The Labute approximate surface area is 168 Å². The van der Waals surface area contributed by atoms with E-state index in [1.807, 2.05) is 48.5 Å². The fourth-order valence-electron chi connectivity index (χ4n) is 3.85. The molecular formula is C23H33N3O2. The Morgan fingerprint density at radius 2 is 1.36 bits per heavy atom. The minimum absolute atomic E-state index is 0.352. The Kier molecular flexibility index (Phi) is 8.01. The monoisotopic (exact) mass is 383 g/mol. The third-order valence-corrected chi connectivity index (χ3v) is 5.37. The van der Waals surface area contributed by atoms with Crippen LogP contribution in [-0.4, -0.2) is 83.9 Å². The van der Waals surface area contributed by atoms with Crippen molar-refractivity contribution in [2.75, 3.05) is 52.9 Å². The maximum Gasteiger partial charge on any atom is 0.0916 e. The second kappa shape index (κ2) is 10.7. The maximum atomic E-state index is 10.5. The number of likely N-dealkylation sites (N-methyl/N-ethyl adjacent to an activating group) is 1. The van der Waals surface area contributed by atoms with Crippen LogP contribution in [0.1, 0.15) is 17.2 Å². The highest BCUT2D eigenvalue weighted by atomic mass is 16.3. The molecule has 5 nitrogen and oxygen atoms in total. The average Bonchev–Trinajstić information content (AvgIpc) is 2.70. The first-order valence-electron chi connectivity index (χ1n) is 10.2. The molecule has 152 valence electrons. The fourth-order valence-corrected chi connectivity index (χ4v) is 3.85. The molecule has 0 amide bonds. The number of hydrogen-bond acceptors (Lipinski definition) is 5. The van der Waals surface area contributed by atoms with Crippen LogP contribution in [0.4, 0.5) is 0 Å².